The summed E-state index contributed by atoms with van der Waals surface area (Å²) in [5, 5.41) is 9.49. The van der Waals surface area contributed by atoms with E-state index >= 15 is 0 Å². The maximum absolute atomic E-state index is 11.6. The van der Waals surface area contributed by atoms with Gasteiger partial charge in [-0.05, 0) is 38.4 Å². The molecule has 1 fully saturated rings. The van der Waals surface area contributed by atoms with Gasteiger partial charge in [-0.25, -0.2) is 0 Å². The van der Waals surface area contributed by atoms with Gasteiger partial charge in [-0.1, -0.05) is 25.0 Å². The number of hydrogen-bond donors (Lipinski definition) is 1. The predicted octanol–water partition coefficient (Wildman–Crippen LogP) is 2.50. The summed E-state index contributed by atoms with van der Waals surface area (Å²) in [4.78, 5) is 13.9. The molecule has 0 radical (unpaired) electrons. The molecule has 4 heteroatoms. The Morgan fingerprint density at radius 3 is 2.90 bits per heavy atom. The standard InChI is InChI=1S/C17H25NO3/c1-14(20)16-8-4-5-9-17(16)21-12-11-18-10-6-2-3-7-15(18)13-19/h4-5,8-9,15,19H,2-3,6-7,10-13H2,1H3. The minimum atomic E-state index is 0.0219. The lowest BCUT2D eigenvalue weighted by molar-refractivity contribution is 0.0999. The molecule has 2 rings (SSSR count). The van der Waals surface area contributed by atoms with E-state index in [0.29, 0.717) is 17.9 Å². The largest absolute Gasteiger partial charge is 0.491 e. The number of carbonyl (C=O) groups excluding carboxylic acids is 1. The zero-order chi connectivity index (χ0) is 15.1. The molecule has 0 spiro atoms. The van der Waals surface area contributed by atoms with Gasteiger partial charge in [0, 0.05) is 12.6 Å². The lowest BCUT2D eigenvalue weighted by Gasteiger charge is -2.28. The number of rotatable bonds is 6. The highest BCUT2D eigenvalue weighted by molar-refractivity contribution is 5.96. The summed E-state index contributed by atoms with van der Waals surface area (Å²) in [7, 11) is 0. The third kappa shape index (κ3) is 4.55. The van der Waals surface area contributed by atoms with Gasteiger partial charge >= 0.3 is 0 Å². The number of para-hydroxylation sites is 1. The number of likely N-dealkylation sites (tertiary alicyclic amines) is 1. The zero-order valence-corrected chi connectivity index (χ0v) is 12.8. The Kier molecular flexibility index (Phi) is 6.21. The molecule has 0 bridgehead atoms. The molecule has 0 saturated carbocycles. The van der Waals surface area contributed by atoms with E-state index in [1.54, 1.807) is 13.0 Å². The van der Waals surface area contributed by atoms with Gasteiger partial charge in [0.25, 0.3) is 0 Å². The van der Waals surface area contributed by atoms with Crippen LogP contribution in [0.5, 0.6) is 5.75 Å². The molecule has 1 heterocycles. The van der Waals surface area contributed by atoms with Crippen LogP contribution in [0.1, 0.15) is 43.0 Å². The summed E-state index contributed by atoms with van der Waals surface area (Å²) >= 11 is 0. The maximum atomic E-state index is 11.6. The van der Waals surface area contributed by atoms with Crippen molar-refractivity contribution in [1.29, 1.82) is 0 Å². The number of ketones is 1. The monoisotopic (exact) mass is 291 g/mol. The van der Waals surface area contributed by atoms with Gasteiger partial charge < -0.3 is 9.84 Å². The zero-order valence-electron chi connectivity index (χ0n) is 12.8. The fourth-order valence-corrected chi connectivity index (χ4v) is 2.89. The summed E-state index contributed by atoms with van der Waals surface area (Å²) in [5.41, 5.74) is 0.632. The molecule has 116 valence electrons. The minimum absolute atomic E-state index is 0.0219. The molecule has 0 amide bonds. The Labute approximate surface area is 126 Å². The molecular formula is C17H25NO3. The minimum Gasteiger partial charge on any atom is -0.491 e. The first kappa shape index (κ1) is 16.0. The molecule has 1 aliphatic heterocycles. The van der Waals surface area contributed by atoms with E-state index in [2.05, 4.69) is 4.90 Å². The summed E-state index contributed by atoms with van der Waals surface area (Å²) in [5.74, 6) is 0.675. The van der Waals surface area contributed by atoms with Gasteiger partial charge in [0.05, 0.1) is 12.2 Å². The summed E-state index contributed by atoms with van der Waals surface area (Å²) in [6, 6.07) is 7.60. The Bertz CT molecular complexity index is 461. The topological polar surface area (TPSA) is 49.8 Å². The first-order chi connectivity index (χ1) is 10.2. The van der Waals surface area contributed by atoms with Crippen LogP contribution in [0.25, 0.3) is 0 Å². The fourth-order valence-electron chi connectivity index (χ4n) is 2.89. The Morgan fingerprint density at radius 1 is 1.33 bits per heavy atom. The lowest BCUT2D eigenvalue weighted by atomic mass is 10.1. The quantitative estimate of drug-likeness (QED) is 0.818. The highest BCUT2D eigenvalue weighted by Gasteiger charge is 2.20. The second-order valence-corrected chi connectivity index (χ2v) is 5.62. The van der Waals surface area contributed by atoms with Gasteiger partial charge in [-0.15, -0.1) is 0 Å². The number of benzene rings is 1. The summed E-state index contributed by atoms with van der Waals surface area (Å²) in [6.07, 6.45) is 4.66. The van der Waals surface area contributed by atoms with Crippen LogP contribution in [0, 0.1) is 0 Å². The van der Waals surface area contributed by atoms with E-state index in [1.807, 2.05) is 18.2 Å². The van der Waals surface area contributed by atoms with Gasteiger partial charge in [-0.3, -0.25) is 9.69 Å². The van der Waals surface area contributed by atoms with E-state index in [1.165, 1.54) is 19.3 Å². The third-order valence-electron chi connectivity index (χ3n) is 4.11. The fraction of sp³-hybridized carbons (Fsp3) is 0.588. The molecule has 1 aromatic rings. The van der Waals surface area contributed by atoms with E-state index < -0.39 is 0 Å². The van der Waals surface area contributed by atoms with Crippen LogP contribution in [0.4, 0.5) is 0 Å². The number of carbonyl (C=O) groups is 1. The van der Waals surface area contributed by atoms with Crippen LogP contribution >= 0.6 is 0 Å². The van der Waals surface area contributed by atoms with Crippen LogP contribution in [0.15, 0.2) is 24.3 Å². The molecule has 0 aliphatic carbocycles. The second kappa shape index (κ2) is 8.15. The van der Waals surface area contributed by atoms with E-state index in [9.17, 15) is 9.90 Å². The van der Waals surface area contributed by atoms with Crippen molar-refractivity contribution in [2.45, 2.75) is 38.6 Å². The van der Waals surface area contributed by atoms with Crippen molar-refractivity contribution < 1.29 is 14.6 Å². The normalized spacial score (nSPS) is 20.0. The number of aliphatic hydroxyl groups excluding tert-OH is 1. The molecule has 4 nitrogen and oxygen atoms in total. The molecule has 1 atom stereocenters. The summed E-state index contributed by atoms with van der Waals surface area (Å²) in [6.45, 7) is 4.12. The van der Waals surface area contributed by atoms with Crippen molar-refractivity contribution in [2.24, 2.45) is 0 Å². The molecule has 21 heavy (non-hydrogen) atoms. The Hall–Kier alpha value is -1.39. The molecule has 1 unspecified atom stereocenters. The SMILES string of the molecule is CC(=O)c1ccccc1OCCN1CCCCCC1CO. The van der Waals surface area contributed by atoms with Crippen LogP contribution in [0.2, 0.25) is 0 Å². The lowest BCUT2D eigenvalue weighted by Crippen LogP contribution is -2.40. The van der Waals surface area contributed by atoms with Crippen LogP contribution < -0.4 is 4.74 Å². The number of aliphatic hydroxyl groups is 1. The average molecular weight is 291 g/mol. The molecule has 0 aromatic heterocycles. The first-order valence-corrected chi connectivity index (χ1v) is 7.80. The number of ether oxygens (including phenoxy) is 1. The van der Waals surface area contributed by atoms with Gasteiger partial charge in [0.2, 0.25) is 0 Å². The van der Waals surface area contributed by atoms with Crippen LogP contribution in [-0.2, 0) is 0 Å². The van der Waals surface area contributed by atoms with Crippen molar-refractivity contribution in [3.8, 4) is 5.75 Å². The van der Waals surface area contributed by atoms with Crippen molar-refractivity contribution in [3.05, 3.63) is 29.8 Å². The smallest absolute Gasteiger partial charge is 0.163 e. The highest BCUT2D eigenvalue weighted by atomic mass is 16.5. The highest BCUT2D eigenvalue weighted by Crippen LogP contribution is 2.19. The van der Waals surface area contributed by atoms with E-state index in [-0.39, 0.29) is 18.4 Å². The number of nitrogens with zero attached hydrogens (tertiary/aromatic N) is 1. The maximum Gasteiger partial charge on any atom is 0.163 e. The molecule has 1 aliphatic rings. The van der Waals surface area contributed by atoms with Crippen molar-refractivity contribution >= 4 is 5.78 Å². The molecule has 1 N–H and O–H groups in total. The first-order valence-electron chi connectivity index (χ1n) is 7.80. The number of hydrogen-bond acceptors (Lipinski definition) is 4. The number of Topliss-reactive ketones (excluding diaryl/α,β-unsaturated/α-hetero) is 1. The van der Waals surface area contributed by atoms with Crippen LogP contribution in [-0.4, -0.2) is 48.1 Å². The average Bonchev–Trinajstić information content (AvgIpc) is 2.72. The van der Waals surface area contributed by atoms with Crippen molar-refractivity contribution in [2.75, 3.05) is 26.3 Å². The van der Waals surface area contributed by atoms with Crippen LogP contribution in [0.3, 0.4) is 0 Å². The van der Waals surface area contributed by atoms with Gasteiger partial charge in [0.1, 0.15) is 12.4 Å². The van der Waals surface area contributed by atoms with Gasteiger partial charge in [-0.2, -0.15) is 0 Å². The second-order valence-electron chi connectivity index (χ2n) is 5.62. The van der Waals surface area contributed by atoms with E-state index in [4.69, 9.17) is 4.74 Å². The molecule has 1 saturated heterocycles. The van der Waals surface area contributed by atoms with E-state index in [0.717, 1.165) is 19.5 Å². The predicted molar refractivity (Wildman–Crippen MR) is 82.9 cm³/mol. The third-order valence-corrected chi connectivity index (χ3v) is 4.11. The Balaban J connectivity index is 1.90. The summed E-state index contributed by atoms with van der Waals surface area (Å²) < 4.78 is 5.79. The Morgan fingerprint density at radius 2 is 2.14 bits per heavy atom. The molecule has 1 aromatic carbocycles. The van der Waals surface area contributed by atoms with Crippen molar-refractivity contribution in [3.63, 3.8) is 0 Å². The van der Waals surface area contributed by atoms with Crippen molar-refractivity contribution in [1.82, 2.24) is 4.90 Å². The van der Waals surface area contributed by atoms with Gasteiger partial charge in [0.15, 0.2) is 5.78 Å². The molecular weight excluding hydrogens is 266 g/mol.